The van der Waals surface area contributed by atoms with Gasteiger partial charge in [-0.15, -0.1) is 0 Å². The van der Waals surface area contributed by atoms with Gasteiger partial charge in [0.25, 0.3) is 0 Å². The lowest BCUT2D eigenvalue weighted by Crippen LogP contribution is -2.35. The molecule has 114 valence electrons. The van der Waals surface area contributed by atoms with Crippen molar-refractivity contribution in [2.45, 2.75) is 46.5 Å². The van der Waals surface area contributed by atoms with Crippen molar-refractivity contribution < 1.29 is 19.1 Å². The van der Waals surface area contributed by atoms with Crippen molar-refractivity contribution in [2.75, 3.05) is 13.7 Å². The van der Waals surface area contributed by atoms with E-state index >= 15 is 0 Å². The number of hydrogen-bond donors (Lipinski definition) is 0. The third kappa shape index (κ3) is 4.09. The lowest BCUT2D eigenvalue weighted by molar-refractivity contribution is -0.161. The standard InChI is InChI=1S/C16H26O4/c1-5-13(12(2)3)10-14(17)20-11-16(15(18)19-4)8-6-7-9-16/h6-7,12-13H,5,8-11H2,1-4H3. The molecule has 1 rings (SSSR count). The van der Waals surface area contributed by atoms with Gasteiger partial charge in [-0.3, -0.25) is 9.59 Å². The Morgan fingerprint density at radius 2 is 1.85 bits per heavy atom. The molecule has 0 fully saturated rings. The zero-order valence-corrected chi connectivity index (χ0v) is 13.0. The van der Waals surface area contributed by atoms with Gasteiger partial charge in [0, 0.05) is 6.42 Å². The van der Waals surface area contributed by atoms with Crippen LogP contribution in [0.1, 0.15) is 46.5 Å². The second kappa shape index (κ2) is 7.46. The highest BCUT2D eigenvalue weighted by Gasteiger charge is 2.41. The van der Waals surface area contributed by atoms with E-state index in [1.165, 1.54) is 7.11 Å². The molecule has 0 aromatic rings. The number of allylic oxidation sites excluding steroid dienone is 2. The topological polar surface area (TPSA) is 52.6 Å². The van der Waals surface area contributed by atoms with Gasteiger partial charge in [-0.05, 0) is 24.7 Å². The molecule has 1 atom stereocenters. The van der Waals surface area contributed by atoms with E-state index in [1.54, 1.807) is 0 Å². The zero-order chi connectivity index (χ0) is 15.2. The summed E-state index contributed by atoms with van der Waals surface area (Å²) in [5, 5.41) is 0. The zero-order valence-electron chi connectivity index (χ0n) is 13.0. The van der Waals surface area contributed by atoms with E-state index in [1.807, 2.05) is 12.2 Å². The quantitative estimate of drug-likeness (QED) is 0.532. The largest absolute Gasteiger partial charge is 0.468 e. The van der Waals surface area contributed by atoms with Crippen LogP contribution >= 0.6 is 0 Å². The minimum absolute atomic E-state index is 0.111. The van der Waals surface area contributed by atoms with Crippen LogP contribution in [0.2, 0.25) is 0 Å². The molecule has 1 unspecified atom stereocenters. The highest BCUT2D eigenvalue weighted by molar-refractivity contribution is 5.79. The van der Waals surface area contributed by atoms with Gasteiger partial charge in [0.1, 0.15) is 12.0 Å². The van der Waals surface area contributed by atoms with Crippen molar-refractivity contribution >= 4 is 11.9 Å². The number of ether oxygens (including phenoxy) is 2. The van der Waals surface area contributed by atoms with Crippen molar-refractivity contribution in [3.63, 3.8) is 0 Å². The van der Waals surface area contributed by atoms with Gasteiger partial charge in [-0.25, -0.2) is 0 Å². The molecule has 1 aliphatic rings. The predicted molar refractivity (Wildman–Crippen MR) is 77.0 cm³/mol. The van der Waals surface area contributed by atoms with E-state index in [9.17, 15) is 9.59 Å². The van der Waals surface area contributed by atoms with Crippen LogP contribution in [0, 0.1) is 17.3 Å². The third-order valence-electron chi connectivity index (χ3n) is 4.21. The van der Waals surface area contributed by atoms with Gasteiger partial charge < -0.3 is 9.47 Å². The van der Waals surface area contributed by atoms with E-state index in [4.69, 9.17) is 9.47 Å². The Morgan fingerprint density at radius 1 is 1.25 bits per heavy atom. The van der Waals surface area contributed by atoms with Crippen LogP contribution in [0.3, 0.4) is 0 Å². The van der Waals surface area contributed by atoms with Crippen LogP contribution in [0.15, 0.2) is 12.2 Å². The van der Waals surface area contributed by atoms with Gasteiger partial charge in [-0.1, -0.05) is 39.3 Å². The molecule has 0 spiro atoms. The number of carbonyl (C=O) groups excluding carboxylic acids is 2. The third-order valence-corrected chi connectivity index (χ3v) is 4.21. The molecule has 0 aromatic carbocycles. The highest BCUT2D eigenvalue weighted by atomic mass is 16.5. The predicted octanol–water partition coefficient (Wildman–Crippen LogP) is 3.11. The Labute approximate surface area is 121 Å². The van der Waals surface area contributed by atoms with Crippen molar-refractivity contribution in [1.29, 1.82) is 0 Å². The Kier molecular flexibility index (Phi) is 6.24. The van der Waals surface area contributed by atoms with Gasteiger partial charge >= 0.3 is 11.9 Å². The monoisotopic (exact) mass is 282 g/mol. The molecule has 0 saturated carbocycles. The summed E-state index contributed by atoms with van der Waals surface area (Å²) in [6, 6.07) is 0. The Hall–Kier alpha value is -1.32. The van der Waals surface area contributed by atoms with Crippen molar-refractivity contribution in [3.8, 4) is 0 Å². The van der Waals surface area contributed by atoms with Crippen LogP contribution in [-0.4, -0.2) is 25.7 Å². The lowest BCUT2D eigenvalue weighted by Gasteiger charge is -2.26. The molecular weight excluding hydrogens is 256 g/mol. The molecule has 0 saturated heterocycles. The van der Waals surface area contributed by atoms with Crippen molar-refractivity contribution in [3.05, 3.63) is 12.2 Å². The van der Waals surface area contributed by atoms with E-state index in [0.717, 1.165) is 6.42 Å². The molecule has 0 N–H and O–H groups in total. The molecule has 0 radical (unpaired) electrons. The summed E-state index contributed by atoms with van der Waals surface area (Å²) in [4.78, 5) is 23.8. The molecule has 20 heavy (non-hydrogen) atoms. The van der Waals surface area contributed by atoms with Crippen LogP contribution < -0.4 is 0 Å². The maximum absolute atomic E-state index is 11.9. The normalized spacial score (nSPS) is 18.1. The summed E-state index contributed by atoms with van der Waals surface area (Å²) in [5.74, 6) is 0.264. The van der Waals surface area contributed by atoms with E-state index in [-0.39, 0.29) is 18.5 Å². The first kappa shape index (κ1) is 16.7. The fourth-order valence-electron chi connectivity index (χ4n) is 2.60. The maximum atomic E-state index is 11.9. The van der Waals surface area contributed by atoms with E-state index in [2.05, 4.69) is 20.8 Å². The number of rotatable bonds is 7. The summed E-state index contributed by atoms with van der Waals surface area (Å²) in [6.45, 7) is 6.41. The average Bonchev–Trinajstić information content (AvgIpc) is 2.91. The van der Waals surface area contributed by atoms with Crippen LogP contribution in [0.5, 0.6) is 0 Å². The molecule has 0 heterocycles. The molecule has 4 nitrogen and oxygen atoms in total. The molecular formula is C16H26O4. The van der Waals surface area contributed by atoms with Crippen LogP contribution in [-0.2, 0) is 19.1 Å². The minimum atomic E-state index is -0.704. The Morgan fingerprint density at radius 3 is 2.30 bits per heavy atom. The van der Waals surface area contributed by atoms with E-state index in [0.29, 0.717) is 31.1 Å². The molecule has 0 aromatic heterocycles. The number of methoxy groups -OCH3 is 1. The number of esters is 2. The maximum Gasteiger partial charge on any atom is 0.315 e. The minimum Gasteiger partial charge on any atom is -0.468 e. The van der Waals surface area contributed by atoms with Crippen LogP contribution in [0.4, 0.5) is 0 Å². The fraction of sp³-hybridized carbons (Fsp3) is 0.750. The van der Waals surface area contributed by atoms with Gasteiger partial charge in [0.2, 0.25) is 0 Å². The summed E-state index contributed by atoms with van der Waals surface area (Å²) in [7, 11) is 1.37. The number of hydrogen-bond acceptors (Lipinski definition) is 4. The first-order valence-electron chi connectivity index (χ1n) is 7.34. The second-order valence-electron chi connectivity index (χ2n) is 5.93. The first-order valence-corrected chi connectivity index (χ1v) is 7.34. The van der Waals surface area contributed by atoms with Crippen LogP contribution in [0.25, 0.3) is 0 Å². The first-order chi connectivity index (χ1) is 9.45. The molecule has 0 amide bonds. The summed E-state index contributed by atoms with van der Waals surface area (Å²) < 4.78 is 10.2. The van der Waals surface area contributed by atoms with Crippen molar-refractivity contribution in [2.24, 2.45) is 17.3 Å². The van der Waals surface area contributed by atoms with Gasteiger partial charge in [0.15, 0.2) is 0 Å². The summed E-state index contributed by atoms with van der Waals surface area (Å²) in [6.07, 6.45) is 6.40. The Bertz CT molecular complexity index is 363. The van der Waals surface area contributed by atoms with Gasteiger partial charge in [-0.2, -0.15) is 0 Å². The van der Waals surface area contributed by atoms with Crippen molar-refractivity contribution in [1.82, 2.24) is 0 Å². The molecule has 1 aliphatic carbocycles. The highest BCUT2D eigenvalue weighted by Crippen LogP contribution is 2.35. The summed E-state index contributed by atoms with van der Waals surface area (Å²) >= 11 is 0. The average molecular weight is 282 g/mol. The molecule has 4 heteroatoms. The SMILES string of the molecule is CCC(CC(=O)OCC1(C(=O)OC)CC=CC1)C(C)C. The summed E-state index contributed by atoms with van der Waals surface area (Å²) in [5.41, 5.74) is -0.704. The smallest absolute Gasteiger partial charge is 0.315 e. The lowest BCUT2D eigenvalue weighted by atomic mass is 9.86. The van der Waals surface area contributed by atoms with E-state index < -0.39 is 5.41 Å². The van der Waals surface area contributed by atoms with Gasteiger partial charge in [0.05, 0.1) is 7.11 Å². The number of carbonyl (C=O) groups is 2. The fourth-order valence-corrected chi connectivity index (χ4v) is 2.60. The second-order valence-corrected chi connectivity index (χ2v) is 5.93. The molecule has 0 bridgehead atoms. The Balaban J connectivity index is 2.52. The molecule has 0 aliphatic heterocycles.